The molecule has 0 saturated heterocycles. The van der Waals surface area contributed by atoms with Crippen molar-refractivity contribution >= 4 is 28.3 Å². The number of halogens is 1. The van der Waals surface area contributed by atoms with Gasteiger partial charge in [0.2, 0.25) is 0 Å². The Labute approximate surface area is 207 Å². The predicted octanol–water partition coefficient (Wildman–Crippen LogP) is 7.95. The van der Waals surface area contributed by atoms with Crippen molar-refractivity contribution in [3.63, 3.8) is 0 Å². The van der Waals surface area contributed by atoms with Gasteiger partial charge in [0.05, 0.1) is 0 Å². The van der Waals surface area contributed by atoms with Gasteiger partial charge in [0.15, 0.2) is 6.10 Å². The molecule has 0 spiro atoms. The van der Waals surface area contributed by atoms with Crippen molar-refractivity contribution in [1.82, 2.24) is 0 Å². The Balaban J connectivity index is 1.91. The predicted molar refractivity (Wildman–Crippen MR) is 139 cm³/mol. The summed E-state index contributed by atoms with van der Waals surface area (Å²) in [4.78, 5) is 12.4. The summed E-state index contributed by atoms with van der Waals surface area (Å²) in [5.74, 6) is 6.31. The zero-order chi connectivity index (χ0) is 24.1. The van der Waals surface area contributed by atoms with Crippen molar-refractivity contribution in [2.75, 3.05) is 6.61 Å². The van der Waals surface area contributed by atoms with E-state index in [1.807, 2.05) is 31.2 Å². The summed E-state index contributed by atoms with van der Waals surface area (Å²) in [6.45, 7) is 4.42. The minimum Gasteiger partial charge on any atom is -0.479 e. The molecule has 4 rings (SSSR count). The van der Waals surface area contributed by atoms with Crippen molar-refractivity contribution in [2.24, 2.45) is 5.92 Å². The van der Waals surface area contributed by atoms with E-state index in [1.165, 1.54) is 25.7 Å². The molecule has 1 atom stereocenters. The lowest BCUT2D eigenvalue weighted by atomic mass is 9.86. The van der Waals surface area contributed by atoms with E-state index in [0.29, 0.717) is 23.1 Å². The average molecular weight is 475 g/mol. The highest BCUT2D eigenvalue weighted by atomic mass is 35.5. The Morgan fingerprint density at radius 3 is 2.56 bits per heavy atom. The standard InChI is InChI=1S/C30H31ClO3/c1-3-4-17-34-29(30(32)33)27-20(2)18-24-12-11-22(10-9-21-7-5-6-8-21)19-26(24)28(27)23-13-15-25(31)16-14-23/h11-16,18-19,21,29H,3-8,17H2,1-2H3,(H,32,33). The number of aliphatic carboxylic acids is 1. The molecule has 0 amide bonds. The average Bonchev–Trinajstić information content (AvgIpc) is 3.34. The highest BCUT2D eigenvalue weighted by Gasteiger charge is 2.27. The van der Waals surface area contributed by atoms with Crippen LogP contribution in [0.2, 0.25) is 5.02 Å². The smallest absolute Gasteiger partial charge is 0.337 e. The SMILES string of the molecule is CCCCOC(C(=O)O)c1c(C)cc2ccc(C#CC3CCCC3)cc2c1-c1ccc(Cl)cc1. The third-order valence-corrected chi connectivity index (χ3v) is 6.82. The third-order valence-electron chi connectivity index (χ3n) is 6.57. The zero-order valence-corrected chi connectivity index (χ0v) is 20.6. The fraction of sp³-hybridized carbons (Fsp3) is 0.367. The zero-order valence-electron chi connectivity index (χ0n) is 19.9. The minimum absolute atomic E-state index is 0.401. The molecule has 0 bridgehead atoms. The largest absolute Gasteiger partial charge is 0.479 e. The second-order valence-corrected chi connectivity index (χ2v) is 9.55. The van der Waals surface area contributed by atoms with Gasteiger partial charge in [0, 0.05) is 28.7 Å². The molecular weight excluding hydrogens is 444 g/mol. The van der Waals surface area contributed by atoms with E-state index in [0.717, 1.165) is 45.9 Å². The highest BCUT2D eigenvalue weighted by Crippen LogP contribution is 2.40. The number of rotatable bonds is 7. The van der Waals surface area contributed by atoms with Crippen LogP contribution in [0.5, 0.6) is 0 Å². The van der Waals surface area contributed by atoms with E-state index in [1.54, 1.807) is 0 Å². The molecule has 3 nitrogen and oxygen atoms in total. The summed E-state index contributed by atoms with van der Waals surface area (Å²) in [6.07, 6.45) is 5.58. The van der Waals surface area contributed by atoms with Crippen LogP contribution >= 0.6 is 11.6 Å². The highest BCUT2D eigenvalue weighted by molar-refractivity contribution is 6.30. The number of carbonyl (C=O) groups is 1. The van der Waals surface area contributed by atoms with Crippen LogP contribution in [0.1, 0.15) is 68.2 Å². The molecule has 176 valence electrons. The molecule has 0 aliphatic heterocycles. The number of benzene rings is 3. The van der Waals surface area contributed by atoms with Crippen LogP contribution in [0, 0.1) is 24.7 Å². The Bertz CT molecular complexity index is 1230. The molecule has 1 fully saturated rings. The molecule has 4 heteroatoms. The van der Waals surface area contributed by atoms with Crippen LogP contribution < -0.4 is 0 Å². The molecule has 3 aromatic carbocycles. The van der Waals surface area contributed by atoms with Gasteiger partial charge >= 0.3 is 5.97 Å². The van der Waals surface area contributed by atoms with Gasteiger partial charge in [-0.3, -0.25) is 0 Å². The van der Waals surface area contributed by atoms with Crippen LogP contribution in [-0.2, 0) is 9.53 Å². The first-order chi connectivity index (χ1) is 16.5. The van der Waals surface area contributed by atoms with Crippen molar-refractivity contribution in [3.05, 3.63) is 70.2 Å². The monoisotopic (exact) mass is 474 g/mol. The fourth-order valence-corrected chi connectivity index (χ4v) is 4.90. The molecular formula is C30H31ClO3. The Morgan fingerprint density at radius 1 is 1.15 bits per heavy atom. The van der Waals surface area contributed by atoms with Gasteiger partial charge < -0.3 is 9.84 Å². The number of hydrogen-bond donors (Lipinski definition) is 1. The van der Waals surface area contributed by atoms with Gasteiger partial charge in [0.25, 0.3) is 0 Å². The summed E-state index contributed by atoms with van der Waals surface area (Å²) in [5.41, 5.74) is 4.33. The molecule has 0 radical (unpaired) electrons. The van der Waals surface area contributed by atoms with Crippen LogP contribution in [-0.4, -0.2) is 17.7 Å². The molecule has 1 N–H and O–H groups in total. The van der Waals surface area contributed by atoms with E-state index in [9.17, 15) is 9.90 Å². The van der Waals surface area contributed by atoms with Crippen LogP contribution in [0.4, 0.5) is 0 Å². The van der Waals surface area contributed by atoms with Crippen LogP contribution in [0.15, 0.2) is 48.5 Å². The Morgan fingerprint density at radius 2 is 1.88 bits per heavy atom. The lowest BCUT2D eigenvalue weighted by Gasteiger charge is -2.22. The number of carboxylic acids is 1. The van der Waals surface area contributed by atoms with Gasteiger partial charge in [-0.05, 0) is 77.9 Å². The number of unbranched alkanes of at least 4 members (excludes halogenated alkanes) is 1. The number of aryl methyl sites for hydroxylation is 1. The van der Waals surface area contributed by atoms with Gasteiger partial charge in [-0.15, -0.1) is 0 Å². The summed E-state index contributed by atoms with van der Waals surface area (Å²) in [5, 5.41) is 12.8. The molecule has 3 aromatic rings. The van der Waals surface area contributed by atoms with E-state index in [-0.39, 0.29) is 0 Å². The summed E-state index contributed by atoms with van der Waals surface area (Å²) < 4.78 is 5.94. The van der Waals surface area contributed by atoms with Gasteiger partial charge in [-0.2, -0.15) is 0 Å². The van der Waals surface area contributed by atoms with E-state index < -0.39 is 12.1 Å². The topological polar surface area (TPSA) is 46.5 Å². The number of carboxylic acid groups (broad SMARTS) is 1. The van der Waals surface area contributed by atoms with Crippen molar-refractivity contribution in [1.29, 1.82) is 0 Å². The van der Waals surface area contributed by atoms with E-state index >= 15 is 0 Å². The first kappa shape index (κ1) is 24.3. The van der Waals surface area contributed by atoms with Crippen LogP contribution in [0.25, 0.3) is 21.9 Å². The van der Waals surface area contributed by atoms with Gasteiger partial charge in [-0.25, -0.2) is 4.79 Å². The summed E-state index contributed by atoms with van der Waals surface area (Å²) in [6, 6.07) is 15.9. The molecule has 1 saturated carbocycles. The summed E-state index contributed by atoms with van der Waals surface area (Å²) >= 11 is 6.18. The van der Waals surface area contributed by atoms with E-state index in [2.05, 4.69) is 43.0 Å². The summed E-state index contributed by atoms with van der Waals surface area (Å²) in [7, 11) is 0. The minimum atomic E-state index is -1.05. The maximum absolute atomic E-state index is 12.4. The first-order valence-corrected chi connectivity index (χ1v) is 12.5. The normalized spacial score (nSPS) is 14.7. The van der Waals surface area contributed by atoms with Crippen molar-refractivity contribution in [3.8, 4) is 23.0 Å². The maximum Gasteiger partial charge on any atom is 0.337 e. The van der Waals surface area contributed by atoms with Gasteiger partial charge in [0.1, 0.15) is 0 Å². The van der Waals surface area contributed by atoms with Gasteiger partial charge in [-0.1, -0.05) is 73.9 Å². The maximum atomic E-state index is 12.4. The number of hydrogen-bond acceptors (Lipinski definition) is 2. The number of ether oxygens (including phenoxy) is 1. The number of fused-ring (bicyclic) bond motifs is 1. The Kier molecular flexibility index (Phi) is 7.93. The lowest BCUT2D eigenvalue weighted by Crippen LogP contribution is -2.18. The third kappa shape index (κ3) is 5.46. The molecule has 1 aliphatic carbocycles. The second kappa shape index (κ2) is 11.1. The quantitative estimate of drug-likeness (QED) is 0.279. The molecule has 1 unspecified atom stereocenters. The van der Waals surface area contributed by atoms with Crippen LogP contribution in [0.3, 0.4) is 0 Å². The molecule has 0 aromatic heterocycles. The van der Waals surface area contributed by atoms with Crippen molar-refractivity contribution in [2.45, 2.75) is 58.5 Å². The van der Waals surface area contributed by atoms with E-state index in [4.69, 9.17) is 16.3 Å². The second-order valence-electron chi connectivity index (χ2n) is 9.12. The first-order valence-electron chi connectivity index (χ1n) is 12.2. The molecule has 1 aliphatic rings. The Hall–Kier alpha value is -2.80. The fourth-order valence-electron chi connectivity index (χ4n) is 4.77. The van der Waals surface area contributed by atoms with Crippen molar-refractivity contribution < 1.29 is 14.6 Å². The lowest BCUT2D eigenvalue weighted by molar-refractivity contribution is -0.151. The molecule has 34 heavy (non-hydrogen) atoms. The molecule has 0 heterocycles.